The molecule has 0 atom stereocenters. The van der Waals surface area contributed by atoms with Crippen LogP contribution in [0.2, 0.25) is 0 Å². The van der Waals surface area contributed by atoms with Gasteiger partial charge >= 0.3 is 0 Å². The zero-order chi connectivity index (χ0) is 15.5. The number of carbonyl (C=O) groups is 1. The molecule has 0 unspecified atom stereocenters. The Balaban J connectivity index is 1.80. The van der Waals surface area contributed by atoms with Crippen LogP contribution in [0.4, 0.5) is 11.4 Å². The SMILES string of the molecule is CN(C)c1ccc(C=N/N=C2\C(=O)Nc3ccccc32)cc1. The second kappa shape index (κ2) is 5.81. The van der Waals surface area contributed by atoms with Crippen LogP contribution in [0.1, 0.15) is 11.1 Å². The molecule has 5 nitrogen and oxygen atoms in total. The first-order chi connectivity index (χ1) is 10.6. The molecule has 0 aromatic heterocycles. The van der Waals surface area contributed by atoms with Crippen molar-refractivity contribution in [1.82, 2.24) is 0 Å². The number of para-hydroxylation sites is 1. The van der Waals surface area contributed by atoms with Crippen LogP contribution in [0.5, 0.6) is 0 Å². The summed E-state index contributed by atoms with van der Waals surface area (Å²) in [5.41, 5.74) is 3.95. The normalized spacial score (nSPS) is 15.2. The highest BCUT2D eigenvalue weighted by atomic mass is 16.2. The number of hydrogen-bond acceptors (Lipinski definition) is 4. The molecule has 2 aromatic carbocycles. The van der Waals surface area contributed by atoms with Crippen LogP contribution in [-0.4, -0.2) is 31.9 Å². The van der Waals surface area contributed by atoms with E-state index in [0.717, 1.165) is 22.5 Å². The van der Waals surface area contributed by atoms with Crippen molar-refractivity contribution in [1.29, 1.82) is 0 Å². The fourth-order valence-electron chi connectivity index (χ4n) is 2.21. The van der Waals surface area contributed by atoms with Crippen molar-refractivity contribution in [2.45, 2.75) is 0 Å². The van der Waals surface area contributed by atoms with Gasteiger partial charge in [0.15, 0.2) is 5.71 Å². The Hall–Kier alpha value is -2.95. The lowest BCUT2D eigenvalue weighted by atomic mass is 10.1. The molecule has 1 aliphatic heterocycles. The van der Waals surface area contributed by atoms with Crippen LogP contribution in [0.25, 0.3) is 0 Å². The molecule has 22 heavy (non-hydrogen) atoms. The molecule has 5 heteroatoms. The van der Waals surface area contributed by atoms with Crippen LogP contribution in [0, 0.1) is 0 Å². The summed E-state index contributed by atoms with van der Waals surface area (Å²) in [5, 5.41) is 10.9. The smallest absolute Gasteiger partial charge is 0.276 e. The van der Waals surface area contributed by atoms with E-state index in [0.29, 0.717) is 5.71 Å². The zero-order valence-electron chi connectivity index (χ0n) is 12.4. The van der Waals surface area contributed by atoms with Gasteiger partial charge in [-0.2, -0.15) is 5.10 Å². The van der Waals surface area contributed by atoms with Gasteiger partial charge in [-0.05, 0) is 23.8 Å². The van der Waals surface area contributed by atoms with E-state index < -0.39 is 0 Å². The van der Waals surface area contributed by atoms with Crippen LogP contribution < -0.4 is 10.2 Å². The van der Waals surface area contributed by atoms with Crippen molar-refractivity contribution < 1.29 is 4.79 Å². The fraction of sp³-hybridized carbons (Fsp3) is 0.118. The van der Waals surface area contributed by atoms with Crippen molar-refractivity contribution in [3.8, 4) is 0 Å². The van der Waals surface area contributed by atoms with Gasteiger partial charge in [0.2, 0.25) is 0 Å². The summed E-state index contributed by atoms with van der Waals surface area (Å²) in [4.78, 5) is 13.9. The Morgan fingerprint density at radius 1 is 1.05 bits per heavy atom. The average molecular weight is 292 g/mol. The number of carbonyl (C=O) groups excluding carboxylic acids is 1. The molecule has 1 aliphatic rings. The van der Waals surface area contributed by atoms with Crippen LogP contribution >= 0.6 is 0 Å². The summed E-state index contributed by atoms with van der Waals surface area (Å²) in [7, 11) is 3.98. The van der Waals surface area contributed by atoms with E-state index in [2.05, 4.69) is 15.5 Å². The van der Waals surface area contributed by atoms with Gasteiger partial charge in [-0.3, -0.25) is 4.79 Å². The molecule has 110 valence electrons. The maximum absolute atomic E-state index is 11.9. The van der Waals surface area contributed by atoms with Gasteiger partial charge in [-0.1, -0.05) is 30.3 Å². The lowest BCUT2D eigenvalue weighted by molar-refractivity contribution is -0.110. The molecule has 2 aromatic rings. The van der Waals surface area contributed by atoms with Crippen molar-refractivity contribution in [2.24, 2.45) is 10.2 Å². The van der Waals surface area contributed by atoms with E-state index >= 15 is 0 Å². The van der Waals surface area contributed by atoms with Crippen LogP contribution in [-0.2, 0) is 4.79 Å². The Morgan fingerprint density at radius 2 is 1.77 bits per heavy atom. The van der Waals surface area contributed by atoms with Gasteiger partial charge < -0.3 is 10.2 Å². The predicted molar refractivity (Wildman–Crippen MR) is 90.0 cm³/mol. The van der Waals surface area contributed by atoms with E-state index in [-0.39, 0.29) is 5.91 Å². The summed E-state index contributed by atoms with van der Waals surface area (Å²) in [5.74, 6) is -0.221. The number of fused-ring (bicyclic) bond motifs is 1. The van der Waals surface area contributed by atoms with Crippen LogP contribution in [0.3, 0.4) is 0 Å². The summed E-state index contributed by atoms with van der Waals surface area (Å²) in [6, 6.07) is 15.4. The minimum absolute atomic E-state index is 0.221. The van der Waals surface area contributed by atoms with E-state index in [1.165, 1.54) is 0 Å². The third-order valence-corrected chi connectivity index (χ3v) is 3.42. The van der Waals surface area contributed by atoms with Gasteiger partial charge in [-0.25, -0.2) is 0 Å². The van der Waals surface area contributed by atoms with E-state index in [4.69, 9.17) is 0 Å². The first kappa shape index (κ1) is 14.0. The number of anilines is 2. The summed E-state index contributed by atoms with van der Waals surface area (Å²) < 4.78 is 0. The molecule has 1 amide bonds. The van der Waals surface area contributed by atoms with Crippen molar-refractivity contribution in [3.05, 3.63) is 59.7 Å². The average Bonchev–Trinajstić information content (AvgIpc) is 2.84. The standard InChI is InChI=1S/C17H16N4O/c1-21(2)13-9-7-12(8-10-13)11-18-20-16-14-5-3-4-6-15(14)19-17(16)22/h3-11H,1-2H3,(H,19,20,22). The molecule has 0 saturated heterocycles. The van der Waals surface area contributed by atoms with Crippen molar-refractivity contribution >= 4 is 29.2 Å². The lowest BCUT2D eigenvalue weighted by Gasteiger charge is -2.11. The number of benzene rings is 2. The molecular formula is C17H16N4O. The third-order valence-electron chi connectivity index (χ3n) is 3.42. The predicted octanol–water partition coefficient (Wildman–Crippen LogP) is 2.53. The van der Waals surface area contributed by atoms with Gasteiger partial charge in [0.1, 0.15) is 0 Å². The van der Waals surface area contributed by atoms with Gasteiger partial charge in [0, 0.05) is 25.3 Å². The number of nitrogens with one attached hydrogen (secondary N) is 1. The Bertz CT molecular complexity index is 760. The molecule has 0 radical (unpaired) electrons. The van der Waals surface area contributed by atoms with E-state index in [1.54, 1.807) is 6.21 Å². The maximum atomic E-state index is 11.9. The summed E-state index contributed by atoms with van der Waals surface area (Å²) >= 11 is 0. The van der Waals surface area contributed by atoms with E-state index in [9.17, 15) is 4.79 Å². The molecule has 1 heterocycles. The minimum atomic E-state index is -0.221. The van der Waals surface area contributed by atoms with Crippen molar-refractivity contribution in [2.75, 3.05) is 24.3 Å². The maximum Gasteiger partial charge on any atom is 0.276 e. The van der Waals surface area contributed by atoms with Crippen molar-refractivity contribution in [3.63, 3.8) is 0 Å². The Kier molecular flexibility index (Phi) is 3.70. The molecule has 3 rings (SSSR count). The van der Waals surface area contributed by atoms with Gasteiger partial charge in [0.05, 0.1) is 11.9 Å². The summed E-state index contributed by atoms with van der Waals surface area (Å²) in [6.45, 7) is 0. The number of amides is 1. The first-order valence-corrected chi connectivity index (χ1v) is 6.94. The highest BCUT2D eigenvalue weighted by Gasteiger charge is 2.25. The van der Waals surface area contributed by atoms with Crippen LogP contribution in [0.15, 0.2) is 58.7 Å². The molecule has 0 aliphatic carbocycles. The molecule has 1 N–H and O–H groups in total. The number of nitrogens with zero attached hydrogens (tertiary/aromatic N) is 3. The zero-order valence-corrected chi connectivity index (χ0v) is 12.4. The van der Waals surface area contributed by atoms with E-state index in [1.807, 2.05) is 67.5 Å². The lowest BCUT2D eigenvalue weighted by Crippen LogP contribution is -2.13. The number of rotatable bonds is 3. The largest absolute Gasteiger partial charge is 0.378 e. The Morgan fingerprint density at radius 3 is 2.50 bits per heavy atom. The minimum Gasteiger partial charge on any atom is -0.378 e. The fourth-order valence-corrected chi connectivity index (χ4v) is 2.21. The summed E-state index contributed by atoms with van der Waals surface area (Å²) in [6.07, 6.45) is 1.64. The second-order valence-corrected chi connectivity index (χ2v) is 5.18. The highest BCUT2D eigenvalue weighted by Crippen LogP contribution is 2.22. The molecule has 0 saturated carbocycles. The molecule has 0 fully saturated rings. The Labute approximate surface area is 129 Å². The van der Waals surface area contributed by atoms with Gasteiger partial charge in [0.25, 0.3) is 5.91 Å². The topological polar surface area (TPSA) is 57.1 Å². The third kappa shape index (κ3) is 2.74. The highest BCUT2D eigenvalue weighted by molar-refractivity contribution is 6.53. The molecule has 0 bridgehead atoms. The van der Waals surface area contributed by atoms with Gasteiger partial charge in [-0.15, -0.1) is 5.10 Å². The monoisotopic (exact) mass is 292 g/mol. The molecule has 0 spiro atoms. The number of hydrogen-bond donors (Lipinski definition) is 1. The molecular weight excluding hydrogens is 276 g/mol. The first-order valence-electron chi connectivity index (χ1n) is 6.94. The second-order valence-electron chi connectivity index (χ2n) is 5.18. The quantitative estimate of drug-likeness (QED) is 0.698.